The van der Waals surface area contributed by atoms with Crippen LogP contribution in [-0.4, -0.2) is 30.5 Å². The Morgan fingerprint density at radius 2 is 2.32 bits per heavy atom. The molecule has 6 heteroatoms. The summed E-state index contributed by atoms with van der Waals surface area (Å²) in [4.78, 5) is 4.33. The molecule has 0 unspecified atom stereocenters. The molecule has 0 bridgehead atoms. The van der Waals surface area contributed by atoms with E-state index in [0.717, 1.165) is 13.0 Å². The number of halogens is 1. The zero-order chi connectivity index (χ0) is 13.2. The Labute approximate surface area is 109 Å². The monoisotopic (exact) mass is 264 g/mol. The summed E-state index contributed by atoms with van der Waals surface area (Å²) in [5.74, 6) is 0.910. The zero-order valence-corrected chi connectivity index (χ0v) is 10.4. The van der Waals surface area contributed by atoms with Crippen LogP contribution in [0.3, 0.4) is 0 Å². The molecule has 1 saturated heterocycles. The highest BCUT2D eigenvalue weighted by molar-refractivity contribution is 5.56. The molecule has 0 amide bonds. The molecule has 0 N–H and O–H groups in total. The summed E-state index contributed by atoms with van der Waals surface area (Å²) >= 11 is 0. The summed E-state index contributed by atoms with van der Waals surface area (Å²) in [7, 11) is 1.41. The molecule has 2 aromatic rings. The van der Waals surface area contributed by atoms with Crippen molar-refractivity contribution in [2.45, 2.75) is 12.3 Å². The second-order valence-electron chi connectivity index (χ2n) is 4.37. The van der Waals surface area contributed by atoms with E-state index in [9.17, 15) is 4.39 Å². The molecule has 1 aromatic heterocycles. The van der Waals surface area contributed by atoms with Gasteiger partial charge in [-0.1, -0.05) is 5.16 Å². The third-order valence-corrected chi connectivity index (χ3v) is 3.13. The van der Waals surface area contributed by atoms with Gasteiger partial charge in [0.2, 0.25) is 0 Å². The van der Waals surface area contributed by atoms with E-state index < -0.39 is 5.82 Å². The van der Waals surface area contributed by atoms with Crippen molar-refractivity contribution in [3.8, 4) is 17.2 Å². The van der Waals surface area contributed by atoms with Crippen molar-refractivity contribution < 1.29 is 18.4 Å². The molecule has 0 spiro atoms. The maximum Gasteiger partial charge on any atom is 0.258 e. The third-order valence-electron chi connectivity index (χ3n) is 3.13. The van der Waals surface area contributed by atoms with Crippen molar-refractivity contribution in [3.63, 3.8) is 0 Å². The Kier molecular flexibility index (Phi) is 3.16. The highest BCUT2D eigenvalue weighted by Crippen LogP contribution is 2.28. The lowest BCUT2D eigenvalue weighted by Gasteiger charge is -2.02. The first-order valence-corrected chi connectivity index (χ1v) is 6.03. The molecular weight excluding hydrogens is 251 g/mol. The Balaban J connectivity index is 1.89. The van der Waals surface area contributed by atoms with Crippen LogP contribution in [0.15, 0.2) is 22.7 Å². The van der Waals surface area contributed by atoms with Crippen LogP contribution in [0.1, 0.15) is 18.2 Å². The van der Waals surface area contributed by atoms with Gasteiger partial charge in [0, 0.05) is 18.1 Å². The maximum atomic E-state index is 13.3. The van der Waals surface area contributed by atoms with Crippen LogP contribution < -0.4 is 4.74 Å². The van der Waals surface area contributed by atoms with Crippen LogP contribution in [0.4, 0.5) is 4.39 Å². The van der Waals surface area contributed by atoms with E-state index in [1.54, 1.807) is 6.07 Å². The Morgan fingerprint density at radius 3 is 3.05 bits per heavy atom. The van der Waals surface area contributed by atoms with Crippen LogP contribution in [0.5, 0.6) is 5.75 Å². The third kappa shape index (κ3) is 2.31. The van der Waals surface area contributed by atoms with Crippen molar-refractivity contribution in [1.29, 1.82) is 0 Å². The van der Waals surface area contributed by atoms with E-state index in [2.05, 4.69) is 10.1 Å². The van der Waals surface area contributed by atoms with Crippen molar-refractivity contribution >= 4 is 0 Å². The van der Waals surface area contributed by atoms with E-state index in [4.69, 9.17) is 14.0 Å². The lowest BCUT2D eigenvalue weighted by Crippen LogP contribution is -1.99. The van der Waals surface area contributed by atoms with Gasteiger partial charge in [-0.05, 0) is 24.6 Å². The van der Waals surface area contributed by atoms with Crippen molar-refractivity contribution in [2.75, 3.05) is 20.3 Å². The van der Waals surface area contributed by atoms with E-state index in [1.807, 2.05) is 0 Å². The van der Waals surface area contributed by atoms with E-state index >= 15 is 0 Å². The number of aromatic nitrogens is 2. The molecular formula is C13H13FN2O3. The molecule has 5 nitrogen and oxygen atoms in total. The second-order valence-corrected chi connectivity index (χ2v) is 4.37. The van der Waals surface area contributed by atoms with Crippen LogP contribution >= 0.6 is 0 Å². The predicted octanol–water partition coefficient (Wildman–Crippen LogP) is 2.39. The SMILES string of the molecule is COc1cc(-c2nc([C@H]3CCOC3)no2)ccc1F. The molecule has 1 aliphatic heterocycles. The number of benzene rings is 1. The Hall–Kier alpha value is -1.95. The molecule has 1 aromatic carbocycles. The summed E-state index contributed by atoms with van der Waals surface area (Å²) < 4.78 is 28.8. The minimum atomic E-state index is -0.421. The normalized spacial score (nSPS) is 18.7. The number of hydrogen-bond donors (Lipinski definition) is 0. The summed E-state index contributed by atoms with van der Waals surface area (Å²) in [6, 6.07) is 4.44. The molecule has 1 fully saturated rings. The van der Waals surface area contributed by atoms with Crippen LogP contribution in [-0.2, 0) is 4.74 Å². The van der Waals surface area contributed by atoms with E-state index in [-0.39, 0.29) is 11.7 Å². The van der Waals surface area contributed by atoms with Gasteiger partial charge >= 0.3 is 0 Å². The molecule has 19 heavy (non-hydrogen) atoms. The Bertz CT molecular complexity index is 579. The van der Waals surface area contributed by atoms with Gasteiger partial charge in [0.05, 0.1) is 13.7 Å². The van der Waals surface area contributed by atoms with E-state index in [1.165, 1.54) is 19.2 Å². The fourth-order valence-electron chi connectivity index (χ4n) is 2.05. The lowest BCUT2D eigenvalue weighted by atomic mass is 10.1. The fraction of sp³-hybridized carbons (Fsp3) is 0.385. The van der Waals surface area contributed by atoms with Gasteiger partial charge in [-0.25, -0.2) is 4.39 Å². The number of ether oxygens (including phenoxy) is 2. The second kappa shape index (κ2) is 4.97. The highest BCUT2D eigenvalue weighted by atomic mass is 19.1. The topological polar surface area (TPSA) is 57.4 Å². The largest absolute Gasteiger partial charge is 0.494 e. The van der Waals surface area contributed by atoms with Gasteiger partial charge in [0.1, 0.15) is 0 Å². The van der Waals surface area contributed by atoms with Gasteiger partial charge in [0.25, 0.3) is 5.89 Å². The quantitative estimate of drug-likeness (QED) is 0.852. The van der Waals surface area contributed by atoms with Gasteiger partial charge in [0.15, 0.2) is 17.4 Å². The molecule has 0 aliphatic carbocycles. The summed E-state index contributed by atoms with van der Waals surface area (Å²) in [5, 5.41) is 3.95. The number of methoxy groups -OCH3 is 1. The first-order chi connectivity index (χ1) is 9.28. The van der Waals surface area contributed by atoms with Crippen molar-refractivity contribution in [1.82, 2.24) is 10.1 Å². The fourth-order valence-corrected chi connectivity index (χ4v) is 2.05. The van der Waals surface area contributed by atoms with Crippen molar-refractivity contribution in [2.24, 2.45) is 0 Å². The van der Waals surface area contributed by atoms with Crippen LogP contribution in [0.2, 0.25) is 0 Å². The number of nitrogens with zero attached hydrogens (tertiary/aromatic N) is 2. The predicted molar refractivity (Wildman–Crippen MR) is 64.4 cm³/mol. The van der Waals surface area contributed by atoms with Crippen molar-refractivity contribution in [3.05, 3.63) is 29.8 Å². The van der Waals surface area contributed by atoms with Crippen LogP contribution in [0, 0.1) is 5.82 Å². The molecule has 1 atom stereocenters. The number of rotatable bonds is 3. The summed E-state index contributed by atoms with van der Waals surface area (Å²) in [6.07, 6.45) is 0.895. The molecule has 3 rings (SSSR count). The smallest absolute Gasteiger partial charge is 0.258 e. The van der Waals surface area contributed by atoms with Gasteiger partial charge in [-0.2, -0.15) is 4.98 Å². The standard InChI is InChI=1S/C13H13FN2O3/c1-17-11-6-8(2-3-10(11)14)13-15-12(16-19-13)9-4-5-18-7-9/h2-3,6,9H,4-5,7H2,1H3/t9-/m0/s1. The van der Waals surface area contributed by atoms with Gasteiger partial charge in [-0.3, -0.25) is 0 Å². The van der Waals surface area contributed by atoms with Crippen LogP contribution in [0.25, 0.3) is 11.5 Å². The zero-order valence-electron chi connectivity index (χ0n) is 10.4. The average molecular weight is 264 g/mol. The summed E-state index contributed by atoms with van der Waals surface area (Å²) in [5.41, 5.74) is 0.635. The minimum Gasteiger partial charge on any atom is -0.494 e. The molecule has 0 radical (unpaired) electrons. The highest BCUT2D eigenvalue weighted by Gasteiger charge is 2.23. The summed E-state index contributed by atoms with van der Waals surface area (Å²) in [6.45, 7) is 1.34. The van der Waals surface area contributed by atoms with Gasteiger partial charge < -0.3 is 14.0 Å². The maximum absolute atomic E-state index is 13.3. The molecule has 100 valence electrons. The Morgan fingerprint density at radius 1 is 1.42 bits per heavy atom. The van der Waals surface area contributed by atoms with E-state index in [0.29, 0.717) is 23.9 Å². The van der Waals surface area contributed by atoms with Gasteiger partial charge in [-0.15, -0.1) is 0 Å². The molecule has 2 heterocycles. The molecule has 0 saturated carbocycles. The first-order valence-electron chi connectivity index (χ1n) is 6.03. The lowest BCUT2D eigenvalue weighted by molar-refractivity contribution is 0.192. The average Bonchev–Trinajstić information content (AvgIpc) is 3.10. The molecule has 1 aliphatic rings. The number of hydrogen-bond acceptors (Lipinski definition) is 5. The minimum absolute atomic E-state index is 0.154. The first kappa shape index (κ1) is 12.1.